The van der Waals surface area contributed by atoms with Crippen LogP contribution in [-0.4, -0.2) is 34.7 Å². The zero-order chi connectivity index (χ0) is 10.0. The molecule has 2 nitrogen and oxygen atoms in total. The highest BCUT2D eigenvalue weighted by Crippen LogP contribution is 2.40. The molecule has 0 aromatic heterocycles. The lowest BCUT2D eigenvalue weighted by Crippen LogP contribution is -2.53. The summed E-state index contributed by atoms with van der Waals surface area (Å²) in [6, 6.07) is 0. The second-order valence-corrected chi connectivity index (χ2v) is 4.93. The molecule has 14 heavy (non-hydrogen) atoms. The summed E-state index contributed by atoms with van der Waals surface area (Å²) in [6.45, 7) is 4.55. The Kier molecular flexibility index (Phi) is 3.13. The summed E-state index contributed by atoms with van der Waals surface area (Å²) < 4.78 is 0. The fraction of sp³-hybridized carbons (Fsp3) is 1.00. The van der Waals surface area contributed by atoms with Crippen molar-refractivity contribution in [2.75, 3.05) is 13.1 Å². The van der Waals surface area contributed by atoms with E-state index in [4.69, 9.17) is 0 Å². The second-order valence-electron chi connectivity index (χ2n) is 4.93. The van der Waals surface area contributed by atoms with Crippen LogP contribution in [0.15, 0.2) is 0 Å². The van der Waals surface area contributed by atoms with Gasteiger partial charge < -0.3 is 5.11 Å². The molecule has 0 spiro atoms. The third kappa shape index (κ3) is 1.59. The Balaban J connectivity index is 2.11. The van der Waals surface area contributed by atoms with E-state index in [1.165, 1.54) is 51.6 Å². The lowest BCUT2D eigenvalue weighted by Gasteiger charge is -2.42. The van der Waals surface area contributed by atoms with Crippen molar-refractivity contribution in [3.63, 3.8) is 0 Å². The quantitative estimate of drug-likeness (QED) is 0.749. The van der Waals surface area contributed by atoms with Crippen LogP contribution in [0.25, 0.3) is 0 Å². The molecule has 1 atom stereocenters. The zero-order valence-electron chi connectivity index (χ0n) is 9.34. The van der Waals surface area contributed by atoms with Gasteiger partial charge in [0.05, 0.1) is 6.10 Å². The monoisotopic (exact) mass is 197 g/mol. The molecule has 0 bridgehead atoms. The molecule has 0 radical (unpaired) electrons. The molecule has 2 rings (SSSR count). The largest absolute Gasteiger partial charge is 0.391 e. The number of hydrogen-bond donors (Lipinski definition) is 1. The minimum atomic E-state index is -0.0944. The van der Waals surface area contributed by atoms with Gasteiger partial charge in [-0.1, -0.05) is 19.8 Å². The molecule has 82 valence electrons. The molecule has 2 aliphatic rings. The SMILES string of the molecule is CCC(O)C1(N2CCCC2)CCCC1. The average molecular weight is 197 g/mol. The number of nitrogens with zero attached hydrogens (tertiary/aromatic N) is 1. The van der Waals surface area contributed by atoms with Gasteiger partial charge in [0.25, 0.3) is 0 Å². The lowest BCUT2D eigenvalue weighted by atomic mass is 9.87. The highest BCUT2D eigenvalue weighted by Gasteiger charge is 2.45. The normalized spacial score (nSPS) is 29.6. The summed E-state index contributed by atoms with van der Waals surface area (Å²) in [7, 11) is 0. The number of likely N-dealkylation sites (tertiary alicyclic amines) is 1. The van der Waals surface area contributed by atoms with Crippen molar-refractivity contribution in [3.8, 4) is 0 Å². The molecular weight excluding hydrogens is 174 g/mol. The van der Waals surface area contributed by atoms with Crippen molar-refractivity contribution in [2.24, 2.45) is 0 Å². The Morgan fingerprint density at radius 3 is 2.21 bits per heavy atom. The van der Waals surface area contributed by atoms with Crippen molar-refractivity contribution in [1.82, 2.24) is 4.90 Å². The minimum absolute atomic E-state index is 0.0944. The van der Waals surface area contributed by atoms with Crippen LogP contribution in [0, 0.1) is 0 Å². The van der Waals surface area contributed by atoms with Crippen molar-refractivity contribution in [2.45, 2.75) is 63.5 Å². The summed E-state index contributed by atoms with van der Waals surface area (Å²) in [4.78, 5) is 2.58. The Morgan fingerprint density at radius 2 is 1.71 bits per heavy atom. The Labute approximate surface area is 87.3 Å². The number of hydrogen-bond acceptors (Lipinski definition) is 2. The van der Waals surface area contributed by atoms with E-state index in [2.05, 4.69) is 11.8 Å². The Morgan fingerprint density at radius 1 is 1.14 bits per heavy atom. The second kappa shape index (κ2) is 4.19. The highest BCUT2D eigenvalue weighted by molar-refractivity contribution is 5.01. The Hall–Kier alpha value is -0.0800. The van der Waals surface area contributed by atoms with E-state index in [9.17, 15) is 5.11 Å². The topological polar surface area (TPSA) is 23.5 Å². The zero-order valence-corrected chi connectivity index (χ0v) is 9.34. The predicted molar refractivity (Wildman–Crippen MR) is 58.3 cm³/mol. The first kappa shape index (κ1) is 10.4. The molecule has 1 saturated heterocycles. The van der Waals surface area contributed by atoms with E-state index < -0.39 is 0 Å². The van der Waals surface area contributed by atoms with Gasteiger partial charge in [-0.05, 0) is 45.2 Å². The van der Waals surface area contributed by atoms with E-state index >= 15 is 0 Å². The molecule has 1 aliphatic carbocycles. The molecule has 2 fully saturated rings. The fourth-order valence-corrected chi connectivity index (χ4v) is 3.39. The van der Waals surface area contributed by atoms with Gasteiger partial charge in [-0.2, -0.15) is 0 Å². The Bertz CT molecular complexity index is 181. The van der Waals surface area contributed by atoms with Crippen LogP contribution in [0.2, 0.25) is 0 Å². The van der Waals surface area contributed by atoms with Crippen LogP contribution in [0.3, 0.4) is 0 Å². The van der Waals surface area contributed by atoms with Gasteiger partial charge in [0.15, 0.2) is 0 Å². The first-order valence-corrected chi connectivity index (χ1v) is 6.23. The smallest absolute Gasteiger partial charge is 0.0721 e. The van der Waals surface area contributed by atoms with Gasteiger partial charge in [-0.3, -0.25) is 4.90 Å². The van der Waals surface area contributed by atoms with E-state index in [1.807, 2.05) is 0 Å². The van der Waals surface area contributed by atoms with Crippen molar-refractivity contribution in [3.05, 3.63) is 0 Å². The maximum absolute atomic E-state index is 10.2. The predicted octanol–water partition coefficient (Wildman–Crippen LogP) is 2.17. The molecule has 0 amide bonds. The number of aliphatic hydroxyl groups is 1. The molecule has 1 N–H and O–H groups in total. The summed E-state index contributed by atoms with van der Waals surface area (Å²) in [5.41, 5.74) is 0.172. The molecule has 2 heteroatoms. The van der Waals surface area contributed by atoms with Crippen LogP contribution >= 0.6 is 0 Å². The first-order valence-electron chi connectivity index (χ1n) is 6.23. The van der Waals surface area contributed by atoms with E-state index in [-0.39, 0.29) is 11.6 Å². The van der Waals surface area contributed by atoms with Crippen molar-refractivity contribution < 1.29 is 5.11 Å². The number of rotatable bonds is 3. The summed E-state index contributed by atoms with van der Waals surface area (Å²) in [6.07, 6.45) is 8.56. The highest BCUT2D eigenvalue weighted by atomic mass is 16.3. The van der Waals surface area contributed by atoms with Crippen molar-refractivity contribution in [1.29, 1.82) is 0 Å². The summed E-state index contributed by atoms with van der Waals surface area (Å²) in [5.74, 6) is 0. The van der Waals surface area contributed by atoms with Crippen LogP contribution in [0.5, 0.6) is 0 Å². The van der Waals surface area contributed by atoms with Crippen LogP contribution in [0.1, 0.15) is 51.9 Å². The third-order valence-corrected chi connectivity index (χ3v) is 4.21. The molecule has 0 aromatic rings. The molecule has 0 aromatic carbocycles. The van der Waals surface area contributed by atoms with E-state index in [0.29, 0.717) is 0 Å². The van der Waals surface area contributed by atoms with Crippen LogP contribution < -0.4 is 0 Å². The third-order valence-electron chi connectivity index (χ3n) is 4.21. The molecule has 1 aliphatic heterocycles. The molecule has 1 unspecified atom stereocenters. The molecular formula is C12H23NO. The van der Waals surface area contributed by atoms with Gasteiger partial charge in [0.2, 0.25) is 0 Å². The lowest BCUT2D eigenvalue weighted by molar-refractivity contribution is -0.0193. The maximum atomic E-state index is 10.2. The first-order chi connectivity index (χ1) is 6.79. The van der Waals surface area contributed by atoms with Gasteiger partial charge in [0.1, 0.15) is 0 Å². The van der Waals surface area contributed by atoms with Gasteiger partial charge in [0, 0.05) is 5.54 Å². The van der Waals surface area contributed by atoms with Gasteiger partial charge in [-0.15, -0.1) is 0 Å². The minimum Gasteiger partial charge on any atom is -0.391 e. The molecule has 1 heterocycles. The maximum Gasteiger partial charge on any atom is 0.0721 e. The average Bonchev–Trinajstić information content (AvgIpc) is 2.86. The number of aliphatic hydroxyl groups excluding tert-OH is 1. The van der Waals surface area contributed by atoms with Crippen molar-refractivity contribution >= 4 is 0 Å². The van der Waals surface area contributed by atoms with E-state index in [0.717, 1.165) is 6.42 Å². The van der Waals surface area contributed by atoms with Gasteiger partial charge in [-0.25, -0.2) is 0 Å². The molecule has 1 saturated carbocycles. The van der Waals surface area contributed by atoms with Gasteiger partial charge >= 0.3 is 0 Å². The summed E-state index contributed by atoms with van der Waals surface area (Å²) >= 11 is 0. The standard InChI is InChI=1S/C12H23NO/c1-2-11(14)12(7-3-4-8-12)13-9-5-6-10-13/h11,14H,2-10H2,1H3. The van der Waals surface area contributed by atoms with Crippen LogP contribution in [-0.2, 0) is 0 Å². The summed E-state index contributed by atoms with van der Waals surface area (Å²) in [5, 5.41) is 10.2. The van der Waals surface area contributed by atoms with E-state index in [1.54, 1.807) is 0 Å². The fourth-order valence-electron chi connectivity index (χ4n) is 3.39. The van der Waals surface area contributed by atoms with Crippen LogP contribution in [0.4, 0.5) is 0 Å².